The number of nitrogens with zero attached hydrogens (tertiary/aromatic N) is 1. The molecule has 2 aromatic heterocycles. The molecule has 1 unspecified atom stereocenters. The fourth-order valence-corrected chi connectivity index (χ4v) is 1.62. The highest BCUT2D eigenvalue weighted by Crippen LogP contribution is 2.25. The third kappa shape index (κ3) is 2.30. The van der Waals surface area contributed by atoms with Crippen LogP contribution in [0.4, 0.5) is 0 Å². The average Bonchev–Trinajstić information content (AvgIpc) is 2.97. The molecule has 0 bridgehead atoms. The second-order valence-corrected chi connectivity index (χ2v) is 4.22. The van der Waals surface area contributed by atoms with E-state index in [-0.39, 0.29) is 11.9 Å². The summed E-state index contributed by atoms with van der Waals surface area (Å²) >= 11 is 0. The second kappa shape index (κ2) is 5.08. The van der Waals surface area contributed by atoms with Crippen LogP contribution in [-0.4, -0.2) is 17.1 Å². The molecule has 2 heterocycles. The standard InChI is InChI=1S/C13H16N2O3/c1-4-8(2)14-13(16)11-9(3)18-15-12(11)10-6-5-7-17-10/h5-8H,4H2,1-3H3,(H,14,16). The number of aryl methyl sites for hydroxylation is 1. The van der Waals surface area contributed by atoms with Crippen molar-refractivity contribution in [1.29, 1.82) is 0 Å². The molecule has 0 aromatic carbocycles. The van der Waals surface area contributed by atoms with E-state index >= 15 is 0 Å². The Morgan fingerprint density at radius 2 is 2.33 bits per heavy atom. The molecule has 96 valence electrons. The molecule has 0 aliphatic rings. The fourth-order valence-electron chi connectivity index (χ4n) is 1.62. The Kier molecular flexibility index (Phi) is 3.50. The Balaban J connectivity index is 2.33. The zero-order chi connectivity index (χ0) is 13.1. The maximum atomic E-state index is 12.2. The van der Waals surface area contributed by atoms with E-state index in [0.29, 0.717) is 22.8 Å². The predicted molar refractivity (Wildman–Crippen MR) is 66.2 cm³/mol. The Hall–Kier alpha value is -2.04. The highest BCUT2D eigenvalue weighted by atomic mass is 16.5. The van der Waals surface area contributed by atoms with E-state index in [2.05, 4.69) is 10.5 Å². The first-order valence-corrected chi connectivity index (χ1v) is 5.94. The van der Waals surface area contributed by atoms with Crippen LogP contribution in [0.5, 0.6) is 0 Å². The number of aromatic nitrogens is 1. The van der Waals surface area contributed by atoms with Crippen molar-refractivity contribution in [2.45, 2.75) is 33.2 Å². The lowest BCUT2D eigenvalue weighted by molar-refractivity contribution is 0.0938. The summed E-state index contributed by atoms with van der Waals surface area (Å²) in [5, 5.41) is 6.78. The molecule has 0 spiro atoms. The van der Waals surface area contributed by atoms with Crippen LogP contribution < -0.4 is 5.32 Å². The Morgan fingerprint density at radius 3 is 2.94 bits per heavy atom. The third-order valence-electron chi connectivity index (χ3n) is 2.83. The number of hydrogen-bond acceptors (Lipinski definition) is 4. The van der Waals surface area contributed by atoms with Crippen molar-refractivity contribution in [2.24, 2.45) is 0 Å². The number of amides is 1. The first-order valence-electron chi connectivity index (χ1n) is 5.94. The minimum Gasteiger partial charge on any atom is -0.463 e. The second-order valence-electron chi connectivity index (χ2n) is 4.22. The van der Waals surface area contributed by atoms with Crippen LogP contribution in [0.15, 0.2) is 27.3 Å². The van der Waals surface area contributed by atoms with Gasteiger partial charge in [0.15, 0.2) is 11.5 Å². The molecule has 1 N–H and O–H groups in total. The van der Waals surface area contributed by atoms with E-state index in [0.717, 1.165) is 6.42 Å². The molecular formula is C13H16N2O3. The van der Waals surface area contributed by atoms with Crippen LogP contribution in [0, 0.1) is 6.92 Å². The molecule has 1 atom stereocenters. The van der Waals surface area contributed by atoms with Crippen molar-refractivity contribution in [1.82, 2.24) is 10.5 Å². The predicted octanol–water partition coefficient (Wildman–Crippen LogP) is 2.77. The number of hydrogen-bond donors (Lipinski definition) is 1. The number of carbonyl (C=O) groups excluding carboxylic acids is 1. The van der Waals surface area contributed by atoms with Gasteiger partial charge in [-0.05, 0) is 32.4 Å². The highest BCUT2D eigenvalue weighted by Gasteiger charge is 2.23. The van der Waals surface area contributed by atoms with Crippen LogP contribution in [-0.2, 0) is 0 Å². The molecule has 0 saturated carbocycles. The maximum absolute atomic E-state index is 12.2. The summed E-state index contributed by atoms with van der Waals surface area (Å²) in [5.41, 5.74) is 0.878. The van der Waals surface area contributed by atoms with Crippen LogP contribution in [0.25, 0.3) is 11.5 Å². The van der Waals surface area contributed by atoms with Gasteiger partial charge in [-0.3, -0.25) is 4.79 Å². The van der Waals surface area contributed by atoms with Gasteiger partial charge in [0.05, 0.1) is 6.26 Å². The Labute approximate surface area is 105 Å². The molecular weight excluding hydrogens is 232 g/mol. The average molecular weight is 248 g/mol. The quantitative estimate of drug-likeness (QED) is 0.903. The topological polar surface area (TPSA) is 68.3 Å². The van der Waals surface area contributed by atoms with Crippen molar-refractivity contribution in [2.75, 3.05) is 0 Å². The lowest BCUT2D eigenvalue weighted by Crippen LogP contribution is -2.32. The van der Waals surface area contributed by atoms with Crippen LogP contribution in [0.1, 0.15) is 36.4 Å². The van der Waals surface area contributed by atoms with Crippen molar-refractivity contribution in [3.8, 4) is 11.5 Å². The first-order chi connectivity index (χ1) is 8.63. The van der Waals surface area contributed by atoms with E-state index in [1.165, 1.54) is 6.26 Å². The SMILES string of the molecule is CCC(C)NC(=O)c1c(-c2ccco2)noc1C. The zero-order valence-electron chi connectivity index (χ0n) is 10.7. The molecule has 5 heteroatoms. The third-order valence-corrected chi connectivity index (χ3v) is 2.83. The Morgan fingerprint density at radius 1 is 1.56 bits per heavy atom. The van der Waals surface area contributed by atoms with E-state index in [1.54, 1.807) is 19.1 Å². The van der Waals surface area contributed by atoms with Crippen molar-refractivity contribution in [3.63, 3.8) is 0 Å². The lowest BCUT2D eigenvalue weighted by atomic mass is 10.1. The van der Waals surface area contributed by atoms with Gasteiger partial charge in [-0.15, -0.1) is 0 Å². The van der Waals surface area contributed by atoms with Crippen molar-refractivity contribution in [3.05, 3.63) is 29.7 Å². The van der Waals surface area contributed by atoms with Gasteiger partial charge in [0, 0.05) is 6.04 Å². The summed E-state index contributed by atoms with van der Waals surface area (Å²) < 4.78 is 10.3. The monoisotopic (exact) mass is 248 g/mol. The van der Waals surface area contributed by atoms with Gasteiger partial charge in [0.2, 0.25) is 0 Å². The van der Waals surface area contributed by atoms with Gasteiger partial charge in [-0.1, -0.05) is 12.1 Å². The maximum Gasteiger partial charge on any atom is 0.257 e. The van der Waals surface area contributed by atoms with Crippen LogP contribution in [0.3, 0.4) is 0 Å². The van der Waals surface area contributed by atoms with Gasteiger partial charge in [-0.25, -0.2) is 0 Å². The number of rotatable bonds is 4. The zero-order valence-corrected chi connectivity index (χ0v) is 10.7. The molecule has 0 aliphatic heterocycles. The molecule has 0 radical (unpaired) electrons. The highest BCUT2D eigenvalue weighted by molar-refractivity contribution is 6.00. The summed E-state index contributed by atoms with van der Waals surface area (Å²) in [6.07, 6.45) is 2.40. The van der Waals surface area contributed by atoms with Crippen molar-refractivity contribution >= 4 is 5.91 Å². The lowest BCUT2D eigenvalue weighted by Gasteiger charge is -2.10. The minimum atomic E-state index is -0.186. The van der Waals surface area contributed by atoms with E-state index in [4.69, 9.17) is 8.94 Å². The van der Waals surface area contributed by atoms with Gasteiger partial charge in [0.1, 0.15) is 11.3 Å². The minimum absolute atomic E-state index is 0.108. The normalized spacial score (nSPS) is 12.4. The molecule has 2 rings (SSSR count). The van der Waals surface area contributed by atoms with Gasteiger partial charge < -0.3 is 14.3 Å². The summed E-state index contributed by atoms with van der Waals surface area (Å²) in [5.74, 6) is 0.831. The summed E-state index contributed by atoms with van der Waals surface area (Å²) in [7, 11) is 0. The van der Waals surface area contributed by atoms with E-state index in [9.17, 15) is 4.79 Å². The summed E-state index contributed by atoms with van der Waals surface area (Å²) in [6.45, 7) is 5.68. The van der Waals surface area contributed by atoms with Crippen LogP contribution in [0.2, 0.25) is 0 Å². The summed E-state index contributed by atoms with van der Waals surface area (Å²) in [6, 6.07) is 3.60. The van der Waals surface area contributed by atoms with Crippen LogP contribution >= 0.6 is 0 Å². The molecule has 1 amide bonds. The molecule has 2 aromatic rings. The molecule has 18 heavy (non-hydrogen) atoms. The first kappa shape index (κ1) is 12.4. The van der Waals surface area contributed by atoms with Gasteiger partial charge in [-0.2, -0.15) is 0 Å². The Bertz CT molecular complexity index is 528. The smallest absolute Gasteiger partial charge is 0.257 e. The number of carbonyl (C=O) groups is 1. The van der Waals surface area contributed by atoms with E-state index in [1.807, 2.05) is 13.8 Å². The van der Waals surface area contributed by atoms with E-state index < -0.39 is 0 Å². The molecule has 0 saturated heterocycles. The van der Waals surface area contributed by atoms with Crippen molar-refractivity contribution < 1.29 is 13.7 Å². The fraction of sp³-hybridized carbons (Fsp3) is 0.385. The number of nitrogens with one attached hydrogen (secondary N) is 1. The number of furan rings is 1. The largest absolute Gasteiger partial charge is 0.463 e. The summed E-state index contributed by atoms with van der Waals surface area (Å²) in [4.78, 5) is 12.2. The van der Waals surface area contributed by atoms with Gasteiger partial charge in [0.25, 0.3) is 5.91 Å². The molecule has 0 fully saturated rings. The van der Waals surface area contributed by atoms with Gasteiger partial charge >= 0.3 is 0 Å². The molecule has 0 aliphatic carbocycles. The molecule has 5 nitrogen and oxygen atoms in total.